The minimum atomic E-state index is 0.668. The number of fused-ring (bicyclic) bond motifs is 17. The maximum Gasteiger partial charge on any atom is 0.235 e. The van der Waals surface area contributed by atoms with Crippen LogP contribution in [0.3, 0.4) is 0 Å². The van der Waals surface area contributed by atoms with E-state index in [4.69, 9.17) is 9.97 Å². The standard InChI is InChI=1S/C56H31N3S2/c1-3-15-36-32(12-1)14-11-21-40(36)53-41-19-7-9-22-45(41)57-56(58-53)59-46-27-24-34(35-26-28-48-44(31-35)50-37-16-4-2-13-33(37)25-29-49(50)60-48)30-43(46)51-38-17-5-6-18-39(38)52-42-20-8-10-23-47(42)61-55(52)54(51)59/h1-31H. The second-order valence-electron chi connectivity index (χ2n) is 16.0. The van der Waals surface area contributed by atoms with Crippen LogP contribution in [0.1, 0.15) is 0 Å². The maximum absolute atomic E-state index is 5.63. The van der Waals surface area contributed by atoms with Crippen molar-refractivity contribution in [1.82, 2.24) is 14.5 Å². The molecule has 10 aromatic carbocycles. The van der Waals surface area contributed by atoms with Crippen molar-refractivity contribution in [2.75, 3.05) is 0 Å². The summed E-state index contributed by atoms with van der Waals surface area (Å²) in [6.07, 6.45) is 0. The summed E-state index contributed by atoms with van der Waals surface area (Å²) < 4.78 is 7.51. The molecule has 0 aliphatic rings. The van der Waals surface area contributed by atoms with E-state index in [1.165, 1.54) is 94.6 Å². The van der Waals surface area contributed by atoms with Crippen LogP contribution in [0.5, 0.6) is 0 Å². The fourth-order valence-corrected chi connectivity index (χ4v) is 12.5. The summed E-state index contributed by atoms with van der Waals surface area (Å²) in [6.45, 7) is 0. The second-order valence-corrected chi connectivity index (χ2v) is 18.2. The van der Waals surface area contributed by atoms with Gasteiger partial charge in [-0.2, -0.15) is 0 Å². The van der Waals surface area contributed by atoms with Crippen LogP contribution < -0.4 is 0 Å². The predicted octanol–water partition coefficient (Wildman–Crippen LogP) is 16.3. The van der Waals surface area contributed by atoms with Crippen LogP contribution in [0, 0.1) is 0 Å². The van der Waals surface area contributed by atoms with Gasteiger partial charge in [-0.1, -0.05) is 146 Å². The van der Waals surface area contributed by atoms with Crippen molar-refractivity contribution in [2.45, 2.75) is 0 Å². The molecule has 61 heavy (non-hydrogen) atoms. The van der Waals surface area contributed by atoms with Crippen molar-refractivity contribution in [3.63, 3.8) is 0 Å². The average Bonchev–Trinajstić information content (AvgIpc) is 4.01. The Balaban J connectivity index is 1.12. The Labute approximate surface area is 357 Å². The van der Waals surface area contributed by atoms with Gasteiger partial charge in [-0.25, -0.2) is 9.97 Å². The number of para-hydroxylation sites is 1. The van der Waals surface area contributed by atoms with Crippen LogP contribution in [-0.2, 0) is 0 Å². The monoisotopic (exact) mass is 809 g/mol. The molecular weight excluding hydrogens is 779 g/mol. The minimum Gasteiger partial charge on any atom is -0.276 e. The van der Waals surface area contributed by atoms with E-state index in [1.54, 1.807) is 0 Å². The van der Waals surface area contributed by atoms with Gasteiger partial charge in [-0.05, 0) is 85.9 Å². The quantitative estimate of drug-likeness (QED) is 0.178. The van der Waals surface area contributed by atoms with Crippen LogP contribution in [-0.4, -0.2) is 14.5 Å². The van der Waals surface area contributed by atoms with Crippen LogP contribution >= 0.6 is 22.7 Å². The molecular formula is C56H31N3S2. The first-order valence-corrected chi connectivity index (χ1v) is 22.3. The lowest BCUT2D eigenvalue weighted by molar-refractivity contribution is 1.02. The first-order chi connectivity index (χ1) is 30.2. The Morgan fingerprint density at radius 2 is 1.00 bits per heavy atom. The van der Waals surface area contributed by atoms with Crippen molar-refractivity contribution in [2.24, 2.45) is 0 Å². The van der Waals surface area contributed by atoms with Gasteiger partial charge in [0.2, 0.25) is 5.95 Å². The van der Waals surface area contributed by atoms with Gasteiger partial charge in [0, 0.05) is 57.4 Å². The van der Waals surface area contributed by atoms with E-state index in [9.17, 15) is 0 Å². The number of hydrogen-bond acceptors (Lipinski definition) is 4. The number of benzene rings is 10. The molecule has 14 rings (SSSR count). The summed E-state index contributed by atoms with van der Waals surface area (Å²) in [6, 6.07) is 68.7. The highest BCUT2D eigenvalue weighted by Gasteiger charge is 2.25. The summed E-state index contributed by atoms with van der Waals surface area (Å²) >= 11 is 3.74. The van der Waals surface area contributed by atoms with E-state index < -0.39 is 0 Å². The predicted molar refractivity (Wildman–Crippen MR) is 263 cm³/mol. The Bertz CT molecular complexity index is 4180. The van der Waals surface area contributed by atoms with Crippen LogP contribution in [0.4, 0.5) is 0 Å². The lowest BCUT2D eigenvalue weighted by Crippen LogP contribution is -2.03. The smallest absolute Gasteiger partial charge is 0.235 e. The molecule has 14 aromatic rings. The summed E-state index contributed by atoms with van der Waals surface area (Å²) in [7, 11) is 0. The normalized spacial score (nSPS) is 12.3. The Morgan fingerprint density at radius 3 is 1.85 bits per heavy atom. The van der Waals surface area contributed by atoms with Crippen molar-refractivity contribution in [3.05, 3.63) is 188 Å². The molecule has 0 unspecified atom stereocenters. The molecule has 0 amide bonds. The van der Waals surface area contributed by atoms with E-state index >= 15 is 0 Å². The van der Waals surface area contributed by atoms with Gasteiger partial charge < -0.3 is 0 Å². The summed E-state index contributed by atoms with van der Waals surface area (Å²) in [4.78, 5) is 11.1. The number of aromatic nitrogens is 3. The number of hydrogen-bond donors (Lipinski definition) is 0. The topological polar surface area (TPSA) is 30.7 Å². The largest absolute Gasteiger partial charge is 0.276 e. The molecule has 0 saturated heterocycles. The van der Waals surface area contributed by atoms with E-state index in [0.717, 1.165) is 33.2 Å². The number of nitrogens with zero attached hydrogens (tertiary/aromatic N) is 3. The van der Waals surface area contributed by atoms with Crippen LogP contribution in [0.15, 0.2) is 188 Å². The van der Waals surface area contributed by atoms with Gasteiger partial charge in [0.25, 0.3) is 0 Å². The fourth-order valence-electron chi connectivity index (χ4n) is 10.1. The molecule has 0 radical (unpaired) electrons. The zero-order valence-electron chi connectivity index (χ0n) is 32.6. The third-order valence-electron chi connectivity index (χ3n) is 12.8. The zero-order valence-corrected chi connectivity index (χ0v) is 34.2. The number of rotatable bonds is 3. The molecule has 0 N–H and O–H groups in total. The summed E-state index contributed by atoms with van der Waals surface area (Å²) in [5.74, 6) is 0.668. The second kappa shape index (κ2) is 12.5. The molecule has 0 aliphatic heterocycles. The van der Waals surface area contributed by atoms with E-state index in [0.29, 0.717) is 5.95 Å². The van der Waals surface area contributed by atoms with Crippen molar-refractivity contribution in [1.29, 1.82) is 0 Å². The summed E-state index contributed by atoms with van der Waals surface area (Å²) in [5, 5.41) is 16.1. The Morgan fingerprint density at radius 1 is 0.377 bits per heavy atom. The first-order valence-electron chi connectivity index (χ1n) is 20.6. The molecule has 0 atom stereocenters. The molecule has 282 valence electrons. The Hall–Kier alpha value is -7.44. The number of thiophene rings is 2. The van der Waals surface area contributed by atoms with Gasteiger partial charge in [0.05, 0.1) is 26.9 Å². The molecule has 3 nitrogen and oxygen atoms in total. The lowest BCUT2D eigenvalue weighted by Gasteiger charge is -2.14. The lowest BCUT2D eigenvalue weighted by atomic mass is 9.96. The molecule has 0 bridgehead atoms. The molecule has 4 aromatic heterocycles. The molecule has 0 aliphatic carbocycles. The van der Waals surface area contributed by atoms with Gasteiger partial charge in [0.1, 0.15) is 0 Å². The van der Waals surface area contributed by atoms with Gasteiger partial charge in [-0.15, -0.1) is 22.7 Å². The minimum absolute atomic E-state index is 0.668. The van der Waals surface area contributed by atoms with Gasteiger partial charge in [0.15, 0.2) is 0 Å². The fraction of sp³-hybridized carbons (Fsp3) is 0. The van der Waals surface area contributed by atoms with Crippen molar-refractivity contribution < 1.29 is 0 Å². The molecule has 5 heteroatoms. The first kappa shape index (κ1) is 33.4. The van der Waals surface area contributed by atoms with Crippen molar-refractivity contribution in [3.8, 4) is 28.3 Å². The van der Waals surface area contributed by atoms with E-state index in [1.807, 2.05) is 22.7 Å². The molecule has 0 saturated carbocycles. The highest BCUT2D eigenvalue weighted by molar-refractivity contribution is 7.27. The Kier molecular flexibility index (Phi) is 6.87. The van der Waals surface area contributed by atoms with E-state index in [2.05, 4.69) is 193 Å². The van der Waals surface area contributed by atoms with Crippen molar-refractivity contribution >= 4 is 128 Å². The third kappa shape index (κ3) is 4.73. The molecule has 0 fully saturated rings. The van der Waals surface area contributed by atoms with E-state index in [-0.39, 0.29) is 0 Å². The summed E-state index contributed by atoms with van der Waals surface area (Å²) in [5.41, 5.74) is 7.57. The maximum atomic E-state index is 5.63. The van der Waals surface area contributed by atoms with Crippen LogP contribution in [0.2, 0.25) is 0 Å². The van der Waals surface area contributed by atoms with Gasteiger partial charge in [-0.3, -0.25) is 4.57 Å². The third-order valence-corrected chi connectivity index (χ3v) is 15.1. The average molecular weight is 810 g/mol. The highest BCUT2D eigenvalue weighted by Crippen LogP contribution is 2.49. The van der Waals surface area contributed by atoms with Crippen LogP contribution in [0.25, 0.3) is 134 Å². The molecule has 0 spiro atoms. The highest BCUT2D eigenvalue weighted by atomic mass is 32.1. The zero-order chi connectivity index (χ0) is 39.8. The SMILES string of the molecule is c1ccc2c(-c3nc(-n4c5ccc(-c6ccc7sc8ccc9ccccc9c8c7c6)cc5c5c6ccccc6c6c7ccccc7sc6c54)nc4ccccc34)cccc2c1. The van der Waals surface area contributed by atoms with Gasteiger partial charge >= 0.3 is 0 Å². The molecule has 4 heterocycles.